The fraction of sp³-hybridized carbons (Fsp3) is 0.102. The molecule has 113 heavy (non-hydrogen) atoms. The summed E-state index contributed by atoms with van der Waals surface area (Å²) in [5.74, 6) is 4.16. The standard InChI is InChI=1S/C44H32P2.C40H24BO4.C7H8.C4H10O.3CH2Cl2.Rh/c1-5-19-35(20-6-1)45(36-21-7-2-8-22-36)41-31-29-33-17-13-15-27-39(33)43(41)44-40-28-16-14-18-34(40)30-32-42(44)46(37-23-9-3-10-24-37)38-25-11-4-12-26-38;1-5-13-29-25(9-1)17-21-33-37(29)38-30-14-6-2-10-26(30)18-22-34(38)43-41(42-33)44-35-23-19-27-11-3-7-15-31(27)39(35)40-32-16-8-4-12-28(32)20-24-36(40)45-41;1-2-7-4-3-6(1)5-7;1-3-5-4-2;3*2-1-3;/h1-32H;1-24H;1-4,6-7H,5H2;3-4H2,1-2H3;3*1H2;/q;-1;;;;;;/p+2. The number of fused-ring (bicyclic) bond motifs is 18. The molecule has 2 bridgehead atoms. The van der Waals surface area contributed by atoms with E-state index in [0.717, 1.165) is 90.4 Å². The average molecular weight is 1730 g/mol. The fourth-order valence-electron chi connectivity index (χ4n) is 15.6. The Bertz CT molecular complexity index is 5320. The summed E-state index contributed by atoms with van der Waals surface area (Å²) < 4.78 is 32.6. The van der Waals surface area contributed by atoms with Gasteiger partial charge in [-0.3, -0.25) is 0 Å². The molecule has 15 heteroatoms. The summed E-state index contributed by atoms with van der Waals surface area (Å²) in [5, 5.41) is 22.9. The first-order valence-corrected chi connectivity index (χ1v) is 43.7. The second-order valence-electron chi connectivity index (χ2n) is 26.7. The molecule has 0 saturated heterocycles. The Morgan fingerprint density at radius 2 is 0.478 bits per heavy atom. The van der Waals surface area contributed by atoms with E-state index in [2.05, 4.69) is 340 Å². The van der Waals surface area contributed by atoms with Gasteiger partial charge in [-0.25, -0.2) is 0 Å². The Labute approximate surface area is 707 Å². The molecule has 0 saturated carbocycles. The van der Waals surface area contributed by atoms with Gasteiger partial charge in [-0.05, 0) is 182 Å². The van der Waals surface area contributed by atoms with Crippen molar-refractivity contribution in [3.8, 4) is 56.4 Å². The van der Waals surface area contributed by atoms with Crippen molar-refractivity contribution in [3.05, 3.63) is 364 Å². The van der Waals surface area contributed by atoms with Crippen molar-refractivity contribution in [1.82, 2.24) is 0 Å². The molecule has 2 heterocycles. The molecular weight excluding hydrogens is 1650 g/mol. The van der Waals surface area contributed by atoms with Gasteiger partial charge < -0.3 is 23.4 Å². The van der Waals surface area contributed by atoms with E-state index >= 15 is 0 Å². The number of allylic oxidation sites excluding steroid dienone is 4. The molecule has 16 aromatic rings. The molecule has 1 spiro atoms. The first-order chi connectivity index (χ1) is 55.2. The van der Waals surface area contributed by atoms with Crippen molar-refractivity contribution >= 4 is 189 Å². The molecule has 2 aliphatic carbocycles. The predicted molar refractivity (Wildman–Crippen MR) is 491 cm³/mol. The summed E-state index contributed by atoms with van der Waals surface area (Å²) >= 11 is 28.6. The van der Waals surface area contributed by atoms with Crippen LogP contribution >= 0.6 is 85.4 Å². The molecule has 0 amide bonds. The summed E-state index contributed by atoms with van der Waals surface area (Å²) in [7, 11) is -2.74. The van der Waals surface area contributed by atoms with Crippen LogP contribution in [0.2, 0.25) is 0 Å². The zero-order valence-electron chi connectivity index (χ0n) is 62.3. The summed E-state index contributed by atoms with van der Waals surface area (Å²) in [5.41, 5.74) is 6.56. The number of hydrogen-bond donors (Lipinski definition) is 0. The van der Waals surface area contributed by atoms with Gasteiger partial charge in [0.1, 0.15) is 31.8 Å². The Kier molecular flexibility index (Phi) is 28.9. The Hall–Kier alpha value is -8.99. The van der Waals surface area contributed by atoms with Gasteiger partial charge in [0.2, 0.25) is 0 Å². The van der Waals surface area contributed by atoms with Gasteiger partial charge in [0.25, 0.3) is 0 Å². The minimum absolute atomic E-state index is 0. The fourth-order valence-corrected chi connectivity index (χ4v) is 21.1. The van der Waals surface area contributed by atoms with Crippen LogP contribution in [-0.2, 0) is 24.2 Å². The molecule has 5 nitrogen and oxygen atoms in total. The molecule has 1 radical (unpaired) electrons. The van der Waals surface area contributed by atoms with Crippen LogP contribution in [0, 0.1) is 11.8 Å². The van der Waals surface area contributed by atoms with E-state index in [1.165, 1.54) is 70.9 Å². The second kappa shape index (κ2) is 39.8. The zero-order valence-corrected chi connectivity index (χ0v) is 70.4. The second-order valence-corrected chi connectivity index (χ2v) is 34.0. The molecule has 0 atom stereocenters. The van der Waals surface area contributed by atoms with E-state index < -0.39 is 22.8 Å². The third kappa shape index (κ3) is 18.4. The number of ether oxygens (including phenoxy) is 1. The molecule has 20 rings (SSSR count). The molecule has 567 valence electrons. The van der Waals surface area contributed by atoms with Crippen molar-refractivity contribution in [2.75, 3.05) is 29.2 Å². The van der Waals surface area contributed by atoms with Crippen molar-refractivity contribution in [3.63, 3.8) is 0 Å². The Morgan fingerprint density at radius 3 is 0.681 bits per heavy atom. The van der Waals surface area contributed by atoms with E-state index in [0.29, 0.717) is 23.0 Å². The number of rotatable bonds is 9. The van der Waals surface area contributed by atoms with E-state index in [4.69, 9.17) is 93.0 Å². The topological polar surface area (TPSA) is 46.2 Å². The van der Waals surface area contributed by atoms with Crippen LogP contribution in [0.5, 0.6) is 23.0 Å². The minimum atomic E-state index is -2.89. The normalized spacial score (nSPS) is 13.9. The third-order valence-electron chi connectivity index (χ3n) is 20.2. The number of halogens is 6. The van der Waals surface area contributed by atoms with E-state index in [1.807, 2.05) is 38.1 Å². The number of alkyl halides is 6. The molecule has 0 N–H and O–H groups in total. The van der Waals surface area contributed by atoms with Crippen molar-refractivity contribution < 1.29 is 42.8 Å². The maximum atomic E-state index is 6.94. The van der Waals surface area contributed by atoms with Gasteiger partial charge in [-0.1, -0.05) is 279 Å². The maximum Gasteiger partial charge on any atom is 0.777 e. The van der Waals surface area contributed by atoms with Gasteiger partial charge in [0.05, 0.1) is 54.9 Å². The summed E-state index contributed by atoms with van der Waals surface area (Å²) in [4.78, 5) is 0. The van der Waals surface area contributed by atoms with Crippen LogP contribution in [0.4, 0.5) is 0 Å². The third-order valence-corrected chi connectivity index (χ3v) is 25.8. The van der Waals surface area contributed by atoms with Crippen molar-refractivity contribution in [2.24, 2.45) is 11.8 Å². The van der Waals surface area contributed by atoms with Crippen LogP contribution in [-0.4, -0.2) is 36.2 Å². The Balaban J connectivity index is 0.000000156. The monoisotopic (exact) mass is 1720 g/mol. The first kappa shape index (κ1) is 82.0. The number of hydrogen-bond acceptors (Lipinski definition) is 5. The maximum absolute atomic E-state index is 6.94. The zero-order chi connectivity index (χ0) is 77.2. The SMILES string of the molecule is C1=CC2C=CC1C2.CCOCC.ClCCl.ClCCl.ClCCl.[Rh].c1ccc([PH+](c2ccccc2)c2ccc3ccccc3c2-c2c([PH+](c3ccccc3)c3ccccc3)ccc3ccccc23)cc1.c1ccc2c3c(ccc2c1)O[B-]1(Oc2ccc4ccccc4c2-3)Oc2ccc3ccccc3c2-c2c(ccc3ccccc23)O1. The minimum Gasteiger partial charge on any atom is -0.611 e. The molecule has 0 unspecified atom stereocenters. The molecule has 4 aliphatic rings. The van der Waals surface area contributed by atoms with E-state index in [-0.39, 0.29) is 35.5 Å². The van der Waals surface area contributed by atoms with Gasteiger partial charge in [0, 0.05) is 66.1 Å². The van der Waals surface area contributed by atoms with Crippen LogP contribution < -0.4 is 50.4 Å². The average Bonchev–Trinajstić information content (AvgIpc) is 1.56. The summed E-state index contributed by atoms with van der Waals surface area (Å²) in [6.45, 7) is 2.78. The van der Waals surface area contributed by atoms with E-state index in [1.54, 1.807) is 0 Å². The first-order valence-electron chi connectivity index (χ1n) is 37.5. The van der Waals surface area contributed by atoms with Gasteiger partial charge in [-0.2, -0.15) is 0 Å². The molecule has 0 aromatic heterocycles. The van der Waals surface area contributed by atoms with Crippen LogP contribution in [0.15, 0.2) is 364 Å². The molecular formula is C98H82BCl6O5P2Rh+. The van der Waals surface area contributed by atoms with Crippen LogP contribution in [0.3, 0.4) is 0 Å². The summed E-state index contributed by atoms with van der Waals surface area (Å²) in [6.07, 6.45) is 10.5. The molecule has 16 aromatic carbocycles. The molecule has 2 aliphatic heterocycles. The van der Waals surface area contributed by atoms with Crippen LogP contribution in [0.25, 0.3) is 98.0 Å². The predicted octanol–water partition coefficient (Wildman–Crippen LogP) is 26.0. The summed E-state index contributed by atoms with van der Waals surface area (Å²) in [6, 6.07) is 122. The number of benzene rings is 16. The Morgan fingerprint density at radius 1 is 0.274 bits per heavy atom. The smallest absolute Gasteiger partial charge is 0.611 e. The van der Waals surface area contributed by atoms with E-state index in [9.17, 15) is 0 Å². The van der Waals surface area contributed by atoms with Crippen LogP contribution in [0.1, 0.15) is 20.3 Å². The molecule has 0 fully saturated rings. The van der Waals surface area contributed by atoms with Crippen molar-refractivity contribution in [1.29, 1.82) is 0 Å². The van der Waals surface area contributed by atoms with Gasteiger partial charge >= 0.3 is 6.96 Å². The largest absolute Gasteiger partial charge is 0.777 e. The quantitative estimate of drug-likeness (QED) is 0.0624. The van der Waals surface area contributed by atoms with Crippen molar-refractivity contribution in [2.45, 2.75) is 20.3 Å². The van der Waals surface area contributed by atoms with Gasteiger partial charge in [-0.15, -0.1) is 69.6 Å². The van der Waals surface area contributed by atoms with Gasteiger partial charge in [0.15, 0.2) is 0 Å².